The maximum atomic E-state index is 12.1. The van der Waals surface area contributed by atoms with E-state index in [2.05, 4.69) is 62.5 Å². The summed E-state index contributed by atoms with van der Waals surface area (Å²) in [4.78, 5) is 24.2. The Labute approximate surface area is 297 Å². The molecule has 0 saturated carbocycles. The fourth-order valence-corrected chi connectivity index (χ4v) is 5.60. The summed E-state index contributed by atoms with van der Waals surface area (Å²) in [6.45, 7) is 3.99. The molecule has 0 aliphatic rings. The van der Waals surface area contributed by atoms with Crippen LogP contribution in [0.2, 0.25) is 0 Å². The number of aliphatic hydroxyl groups excluding tert-OH is 1. The third-order valence-electron chi connectivity index (χ3n) is 8.64. The molecule has 1 unspecified atom stereocenters. The van der Waals surface area contributed by atoms with Crippen LogP contribution in [0.25, 0.3) is 0 Å². The number of hydrogen-bond donors (Lipinski definition) is 1. The Morgan fingerprint density at radius 2 is 0.896 bits per heavy atom. The van der Waals surface area contributed by atoms with Crippen LogP contribution in [0.5, 0.6) is 0 Å². The SMILES string of the molecule is CCC=CCC=CCC=CCC=CCCCCC(=O)OC(CO)COC(=O)CCCCCCCCCCCCCCCCCCCCC. The zero-order valence-electron chi connectivity index (χ0n) is 31.5. The van der Waals surface area contributed by atoms with Crippen LogP contribution in [0.3, 0.4) is 0 Å². The second-order valence-electron chi connectivity index (χ2n) is 13.3. The lowest BCUT2D eigenvalue weighted by Crippen LogP contribution is -2.28. The summed E-state index contributed by atoms with van der Waals surface area (Å²) in [6.07, 6.45) is 48.9. The van der Waals surface area contributed by atoms with Crippen molar-refractivity contribution in [2.24, 2.45) is 0 Å². The number of esters is 2. The van der Waals surface area contributed by atoms with E-state index in [1.807, 2.05) is 0 Å². The Morgan fingerprint density at radius 3 is 1.35 bits per heavy atom. The normalized spacial score (nSPS) is 12.6. The molecule has 0 radical (unpaired) electrons. The minimum Gasteiger partial charge on any atom is -0.462 e. The van der Waals surface area contributed by atoms with Gasteiger partial charge in [0, 0.05) is 12.8 Å². The maximum absolute atomic E-state index is 12.1. The van der Waals surface area contributed by atoms with E-state index in [-0.39, 0.29) is 25.2 Å². The summed E-state index contributed by atoms with van der Waals surface area (Å²) in [5.41, 5.74) is 0. The molecule has 0 aromatic heterocycles. The molecule has 0 bridgehead atoms. The first-order chi connectivity index (χ1) is 23.6. The molecule has 0 spiro atoms. The number of carbonyl (C=O) groups is 2. The van der Waals surface area contributed by atoms with Gasteiger partial charge in [0.05, 0.1) is 6.61 Å². The van der Waals surface area contributed by atoms with E-state index in [9.17, 15) is 14.7 Å². The first kappa shape index (κ1) is 45.9. The van der Waals surface area contributed by atoms with E-state index in [4.69, 9.17) is 9.47 Å². The molecule has 48 heavy (non-hydrogen) atoms. The summed E-state index contributed by atoms with van der Waals surface area (Å²) < 4.78 is 10.6. The first-order valence-electron chi connectivity index (χ1n) is 20.2. The molecule has 278 valence electrons. The zero-order valence-corrected chi connectivity index (χ0v) is 31.5. The Morgan fingerprint density at radius 1 is 0.500 bits per heavy atom. The van der Waals surface area contributed by atoms with E-state index < -0.39 is 6.10 Å². The number of allylic oxidation sites excluding steroid dienone is 8. The van der Waals surface area contributed by atoms with Crippen LogP contribution in [0, 0.1) is 0 Å². The molecule has 0 aromatic rings. The first-order valence-corrected chi connectivity index (χ1v) is 20.2. The second kappa shape index (κ2) is 39.3. The van der Waals surface area contributed by atoms with Crippen LogP contribution in [0.15, 0.2) is 48.6 Å². The monoisotopic (exact) mass is 673 g/mol. The van der Waals surface area contributed by atoms with Crippen molar-refractivity contribution in [1.82, 2.24) is 0 Å². The van der Waals surface area contributed by atoms with Gasteiger partial charge in [-0.1, -0.05) is 178 Å². The highest BCUT2D eigenvalue weighted by Crippen LogP contribution is 2.15. The van der Waals surface area contributed by atoms with E-state index >= 15 is 0 Å². The molecule has 1 atom stereocenters. The smallest absolute Gasteiger partial charge is 0.306 e. The van der Waals surface area contributed by atoms with Gasteiger partial charge in [0.2, 0.25) is 0 Å². The fraction of sp³-hybridized carbons (Fsp3) is 0.767. The Kier molecular flexibility index (Phi) is 37.5. The predicted molar refractivity (Wildman–Crippen MR) is 205 cm³/mol. The molecule has 0 aliphatic heterocycles. The average Bonchev–Trinajstić information content (AvgIpc) is 3.09. The minimum atomic E-state index is -0.791. The van der Waals surface area contributed by atoms with Crippen molar-refractivity contribution < 1.29 is 24.2 Å². The van der Waals surface area contributed by atoms with Gasteiger partial charge in [0.15, 0.2) is 6.10 Å². The minimum absolute atomic E-state index is 0.0812. The number of ether oxygens (including phenoxy) is 2. The molecule has 0 aliphatic carbocycles. The van der Waals surface area contributed by atoms with Crippen molar-refractivity contribution in [3.05, 3.63) is 48.6 Å². The molecule has 0 aromatic carbocycles. The number of unbranched alkanes of at least 4 members (excludes halogenated alkanes) is 20. The second-order valence-corrected chi connectivity index (χ2v) is 13.3. The third kappa shape index (κ3) is 36.7. The molecule has 1 N–H and O–H groups in total. The molecule has 0 amide bonds. The maximum Gasteiger partial charge on any atom is 0.306 e. The van der Waals surface area contributed by atoms with Crippen LogP contribution < -0.4 is 0 Å². The van der Waals surface area contributed by atoms with Crippen LogP contribution in [0.4, 0.5) is 0 Å². The summed E-state index contributed by atoms with van der Waals surface area (Å²) in [6, 6.07) is 0. The van der Waals surface area contributed by atoms with Gasteiger partial charge in [0.1, 0.15) is 6.61 Å². The highest BCUT2D eigenvalue weighted by atomic mass is 16.6. The lowest BCUT2D eigenvalue weighted by atomic mass is 10.0. The lowest BCUT2D eigenvalue weighted by molar-refractivity contribution is -0.161. The quantitative estimate of drug-likeness (QED) is 0.0407. The van der Waals surface area contributed by atoms with Gasteiger partial charge >= 0.3 is 11.9 Å². The average molecular weight is 673 g/mol. The molecule has 0 rings (SSSR count). The number of carbonyl (C=O) groups excluding carboxylic acids is 2. The Balaban J connectivity index is 3.58. The van der Waals surface area contributed by atoms with Crippen LogP contribution in [0.1, 0.15) is 194 Å². The van der Waals surface area contributed by atoms with Gasteiger partial charge < -0.3 is 14.6 Å². The third-order valence-corrected chi connectivity index (χ3v) is 8.64. The lowest BCUT2D eigenvalue weighted by Gasteiger charge is -2.15. The number of aliphatic hydroxyl groups is 1. The zero-order chi connectivity index (χ0) is 35.0. The van der Waals surface area contributed by atoms with E-state index in [1.165, 1.54) is 103 Å². The highest BCUT2D eigenvalue weighted by Gasteiger charge is 2.16. The fourth-order valence-electron chi connectivity index (χ4n) is 5.60. The van der Waals surface area contributed by atoms with E-state index in [0.717, 1.165) is 64.2 Å². The van der Waals surface area contributed by atoms with Gasteiger partial charge in [-0.2, -0.15) is 0 Å². The van der Waals surface area contributed by atoms with Gasteiger partial charge in [-0.3, -0.25) is 9.59 Å². The molecular weight excluding hydrogens is 596 g/mol. The summed E-state index contributed by atoms with van der Waals surface area (Å²) >= 11 is 0. The van der Waals surface area contributed by atoms with Crippen molar-refractivity contribution in [3.8, 4) is 0 Å². The topological polar surface area (TPSA) is 72.8 Å². The van der Waals surface area contributed by atoms with Crippen molar-refractivity contribution in [1.29, 1.82) is 0 Å². The number of hydrogen-bond acceptors (Lipinski definition) is 5. The van der Waals surface area contributed by atoms with E-state index in [1.54, 1.807) is 0 Å². The predicted octanol–water partition coefficient (Wildman–Crippen LogP) is 12.6. The molecular formula is C43H76O5. The van der Waals surface area contributed by atoms with Crippen molar-refractivity contribution in [2.45, 2.75) is 200 Å². The van der Waals surface area contributed by atoms with Crippen LogP contribution in [-0.2, 0) is 19.1 Å². The highest BCUT2D eigenvalue weighted by molar-refractivity contribution is 5.70. The van der Waals surface area contributed by atoms with Gasteiger partial charge in [-0.05, 0) is 51.4 Å². The van der Waals surface area contributed by atoms with Gasteiger partial charge in [-0.25, -0.2) is 0 Å². The van der Waals surface area contributed by atoms with Gasteiger partial charge in [-0.15, -0.1) is 0 Å². The molecule has 5 heteroatoms. The van der Waals surface area contributed by atoms with Crippen molar-refractivity contribution >= 4 is 11.9 Å². The van der Waals surface area contributed by atoms with Crippen molar-refractivity contribution in [3.63, 3.8) is 0 Å². The van der Waals surface area contributed by atoms with Gasteiger partial charge in [0.25, 0.3) is 0 Å². The Bertz CT molecular complexity index is 812. The summed E-state index contributed by atoms with van der Waals surface area (Å²) in [5.74, 6) is -0.636. The van der Waals surface area contributed by atoms with E-state index in [0.29, 0.717) is 12.8 Å². The van der Waals surface area contributed by atoms with Crippen LogP contribution >= 0.6 is 0 Å². The largest absolute Gasteiger partial charge is 0.462 e. The standard InChI is InChI=1S/C43H76O5/c1-3-5-7-9-11-13-15-17-19-20-21-22-24-25-27-29-31-33-35-37-42(45)47-40-41(39-44)48-43(46)38-36-34-32-30-28-26-23-18-16-14-12-10-8-6-4-2/h6,8,12,14,18,23,28,30,41,44H,3-5,7,9-11,13,15-17,19-22,24-27,29,31-40H2,1-2H3. The van der Waals surface area contributed by atoms with Crippen LogP contribution in [-0.4, -0.2) is 36.4 Å². The summed E-state index contributed by atoms with van der Waals surface area (Å²) in [5, 5.41) is 9.55. The number of rotatable bonds is 36. The summed E-state index contributed by atoms with van der Waals surface area (Å²) in [7, 11) is 0. The molecule has 5 nitrogen and oxygen atoms in total. The van der Waals surface area contributed by atoms with Crippen molar-refractivity contribution in [2.75, 3.05) is 13.2 Å². The molecule has 0 fully saturated rings. The molecule has 0 heterocycles. The molecule has 0 saturated heterocycles. The Hall–Kier alpha value is -2.14.